The number of nitrogens with two attached hydrogens (primary N) is 1. The lowest BCUT2D eigenvalue weighted by Gasteiger charge is -2.30. The second kappa shape index (κ2) is 5.17. The van der Waals surface area contributed by atoms with Gasteiger partial charge in [0.05, 0.1) is 0 Å². The van der Waals surface area contributed by atoms with Crippen LogP contribution in [0.15, 0.2) is 0 Å². The van der Waals surface area contributed by atoms with E-state index in [9.17, 15) is 9.90 Å². The SMILES string of the molecule is N[C@@]1(C(=O)O)C[C@H]2CNCC2[C@@H]1CCCB(O)O. The van der Waals surface area contributed by atoms with Crippen molar-refractivity contribution in [1.29, 1.82) is 0 Å². The van der Waals surface area contributed by atoms with Gasteiger partial charge in [0.1, 0.15) is 5.54 Å². The van der Waals surface area contributed by atoms with Crippen LogP contribution >= 0.6 is 0 Å². The Hall–Kier alpha value is -0.625. The fraction of sp³-hybridized carbons (Fsp3) is 0.909. The summed E-state index contributed by atoms with van der Waals surface area (Å²) in [5, 5.41) is 30.3. The summed E-state index contributed by atoms with van der Waals surface area (Å²) < 4.78 is 0. The highest BCUT2D eigenvalue weighted by atomic mass is 16.4. The van der Waals surface area contributed by atoms with Crippen LogP contribution in [-0.2, 0) is 4.79 Å². The van der Waals surface area contributed by atoms with Crippen molar-refractivity contribution in [3.63, 3.8) is 0 Å². The summed E-state index contributed by atoms with van der Waals surface area (Å²) >= 11 is 0. The Bertz CT molecular complexity index is 328. The van der Waals surface area contributed by atoms with E-state index in [1.807, 2.05) is 0 Å². The van der Waals surface area contributed by atoms with Gasteiger partial charge in [-0.15, -0.1) is 0 Å². The molecule has 0 bridgehead atoms. The molecule has 0 amide bonds. The van der Waals surface area contributed by atoms with Crippen LogP contribution < -0.4 is 11.1 Å². The predicted octanol–water partition coefficient (Wildman–Crippen LogP) is -1.12. The maximum atomic E-state index is 11.4. The van der Waals surface area contributed by atoms with E-state index in [2.05, 4.69) is 5.32 Å². The Morgan fingerprint density at radius 1 is 1.44 bits per heavy atom. The zero-order chi connectivity index (χ0) is 13.3. The van der Waals surface area contributed by atoms with Crippen LogP contribution in [0.4, 0.5) is 0 Å². The lowest BCUT2D eigenvalue weighted by Crippen LogP contribution is -2.53. The molecule has 6 nitrogen and oxygen atoms in total. The van der Waals surface area contributed by atoms with Gasteiger partial charge in [0.25, 0.3) is 0 Å². The molecule has 6 N–H and O–H groups in total. The highest BCUT2D eigenvalue weighted by molar-refractivity contribution is 6.40. The van der Waals surface area contributed by atoms with Gasteiger partial charge in [-0.1, -0.05) is 6.42 Å². The van der Waals surface area contributed by atoms with Crippen molar-refractivity contribution in [2.24, 2.45) is 23.5 Å². The topological polar surface area (TPSA) is 116 Å². The quantitative estimate of drug-likeness (QED) is 0.398. The van der Waals surface area contributed by atoms with Gasteiger partial charge in [-0.25, -0.2) is 0 Å². The van der Waals surface area contributed by atoms with E-state index in [4.69, 9.17) is 15.8 Å². The van der Waals surface area contributed by atoms with Crippen LogP contribution in [0.5, 0.6) is 0 Å². The fourth-order valence-corrected chi connectivity index (χ4v) is 3.65. The number of hydrogen-bond donors (Lipinski definition) is 5. The number of hydrogen-bond acceptors (Lipinski definition) is 5. The first kappa shape index (κ1) is 13.8. The van der Waals surface area contributed by atoms with Crippen molar-refractivity contribution < 1.29 is 19.9 Å². The number of carbonyl (C=O) groups is 1. The molecular weight excluding hydrogens is 235 g/mol. The molecule has 18 heavy (non-hydrogen) atoms. The van der Waals surface area contributed by atoms with Gasteiger partial charge in [0.15, 0.2) is 0 Å². The van der Waals surface area contributed by atoms with E-state index in [1.165, 1.54) is 0 Å². The van der Waals surface area contributed by atoms with E-state index >= 15 is 0 Å². The van der Waals surface area contributed by atoms with Crippen LogP contribution in [0.2, 0.25) is 6.32 Å². The molecule has 1 aliphatic carbocycles. The molecule has 102 valence electrons. The summed E-state index contributed by atoms with van der Waals surface area (Å²) in [5.74, 6) is -0.350. The molecule has 2 fully saturated rings. The molecule has 7 heteroatoms. The first-order valence-electron chi connectivity index (χ1n) is 6.54. The average molecular weight is 256 g/mol. The molecule has 2 aliphatic rings. The summed E-state index contributed by atoms with van der Waals surface area (Å²) in [6, 6.07) is 0. The molecule has 1 saturated carbocycles. The first-order valence-corrected chi connectivity index (χ1v) is 6.54. The minimum Gasteiger partial charge on any atom is -0.480 e. The van der Waals surface area contributed by atoms with Gasteiger partial charge in [-0.2, -0.15) is 0 Å². The number of aliphatic carboxylic acids is 1. The van der Waals surface area contributed by atoms with Gasteiger partial charge in [0, 0.05) is 0 Å². The number of fused-ring (bicyclic) bond motifs is 1. The highest BCUT2D eigenvalue weighted by Crippen LogP contribution is 2.47. The zero-order valence-corrected chi connectivity index (χ0v) is 10.4. The lowest BCUT2D eigenvalue weighted by molar-refractivity contribution is -0.145. The smallest absolute Gasteiger partial charge is 0.451 e. The molecule has 2 rings (SSSR count). The van der Waals surface area contributed by atoms with E-state index in [0.717, 1.165) is 13.1 Å². The van der Waals surface area contributed by atoms with Crippen molar-refractivity contribution in [3.8, 4) is 0 Å². The monoisotopic (exact) mass is 256 g/mol. The normalized spacial score (nSPS) is 38.7. The Morgan fingerprint density at radius 2 is 2.17 bits per heavy atom. The molecule has 0 aromatic carbocycles. The third-order valence-electron chi connectivity index (χ3n) is 4.55. The van der Waals surface area contributed by atoms with Gasteiger partial charge in [-0.05, 0) is 50.0 Å². The Balaban J connectivity index is 2.04. The minimum atomic E-state index is -1.32. The summed E-state index contributed by atoms with van der Waals surface area (Å²) in [6.45, 7) is 1.67. The molecule has 0 radical (unpaired) electrons. The molecule has 1 saturated heterocycles. The predicted molar refractivity (Wildman–Crippen MR) is 66.7 cm³/mol. The summed E-state index contributed by atoms with van der Waals surface area (Å²) in [4.78, 5) is 11.4. The Labute approximate surface area is 107 Å². The Kier molecular flexibility index (Phi) is 3.96. The second-order valence-corrected chi connectivity index (χ2v) is 5.65. The van der Waals surface area contributed by atoms with E-state index in [0.29, 0.717) is 31.1 Å². The van der Waals surface area contributed by atoms with Crippen LogP contribution in [0.1, 0.15) is 19.3 Å². The van der Waals surface area contributed by atoms with Gasteiger partial charge in [-0.3, -0.25) is 4.79 Å². The molecular formula is C11H21BN2O4. The van der Waals surface area contributed by atoms with Crippen LogP contribution in [0.25, 0.3) is 0 Å². The van der Waals surface area contributed by atoms with E-state index in [1.54, 1.807) is 0 Å². The van der Waals surface area contributed by atoms with E-state index < -0.39 is 18.6 Å². The maximum absolute atomic E-state index is 11.4. The average Bonchev–Trinajstić information content (AvgIpc) is 2.79. The molecule has 0 aromatic rings. The van der Waals surface area contributed by atoms with Crippen LogP contribution in [0, 0.1) is 17.8 Å². The number of carboxylic acid groups (broad SMARTS) is 1. The van der Waals surface area contributed by atoms with Crippen molar-refractivity contribution in [2.45, 2.75) is 31.1 Å². The lowest BCUT2D eigenvalue weighted by atomic mass is 9.76. The van der Waals surface area contributed by atoms with Gasteiger partial charge in [0.2, 0.25) is 0 Å². The van der Waals surface area contributed by atoms with Gasteiger partial charge < -0.3 is 26.2 Å². The largest absolute Gasteiger partial charge is 0.480 e. The summed E-state index contributed by atoms with van der Waals surface area (Å²) in [7, 11) is -1.32. The van der Waals surface area contributed by atoms with Crippen molar-refractivity contribution in [1.82, 2.24) is 5.32 Å². The Morgan fingerprint density at radius 3 is 2.78 bits per heavy atom. The number of rotatable bonds is 5. The highest BCUT2D eigenvalue weighted by Gasteiger charge is 2.56. The molecule has 4 atom stereocenters. The van der Waals surface area contributed by atoms with Crippen molar-refractivity contribution in [3.05, 3.63) is 0 Å². The van der Waals surface area contributed by atoms with Crippen LogP contribution in [0.3, 0.4) is 0 Å². The molecule has 1 heterocycles. The maximum Gasteiger partial charge on any atom is 0.451 e. The molecule has 1 unspecified atom stereocenters. The third kappa shape index (κ3) is 2.40. The summed E-state index contributed by atoms with van der Waals surface area (Å²) in [6.07, 6.45) is 2.03. The van der Waals surface area contributed by atoms with Gasteiger partial charge >= 0.3 is 13.1 Å². The molecule has 0 aromatic heterocycles. The summed E-state index contributed by atoms with van der Waals surface area (Å²) in [5.41, 5.74) is 4.96. The minimum absolute atomic E-state index is 0.0752. The van der Waals surface area contributed by atoms with Crippen molar-refractivity contribution in [2.75, 3.05) is 13.1 Å². The zero-order valence-electron chi connectivity index (χ0n) is 10.4. The number of nitrogens with one attached hydrogen (secondary N) is 1. The van der Waals surface area contributed by atoms with Crippen molar-refractivity contribution >= 4 is 13.1 Å². The van der Waals surface area contributed by atoms with E-state index in [-0.39, 0.29) is 12.2 Å². The third-order valence-corrected chi connectivity index (χ3v) is 4.55. The first-order chi connectivity index (χ1) is 8.45. The second-order valence-electron chi connectivity index (χ2n) is 5.65. The number of carboxylic acids is 1. The fourth-order valence-electron chi connectivity index (χ4n) is 3.65. The van der Waals surface area contributed by atoms with Crippen LogP contribution in [-0.4, -0.2) is 46.9 Å². The molecule has 1 aliphatic heterocycles. The standard InChI is InChI=1S/C11H21BN2O4/c13-11(10(15)16)4-7-5-14-6-8(7)9(11)2-1-3-12(17)18/h7-9,14,17-18H,1-6,13H2,(H,15,16)/t7-,8?,9-,11-/m0/s1. The molecule has 0 spiro atoms.